The number of benzene rings is 2. The van der Waals surface area contributed by atoms with Crippen LogP contribution in [0.2, 0.25) is 0 Å². The van der Waals surface area contributed by atoms with Gasteiger partial charge in [-0.1, -0.05) is 30.3 Å². The topological polar surface area (TPSA) is 57.0 Å². The van der Waals surface area contributed by atoms with Crippen LogP contribution in [-0.2, 0) is 0 Å². The van der Waals surface area contributed by atoms with E-state index in [4.69, 9.17) is 4.74 Å². The summed E-state index contributed by atoms with van der Waals surface area (Å²) >= 11 is 0. The van der Waals surface area contributed by atoms with Crippen LogP contribution in [0.25, 0.3) is 5.70 Å². The number of nitrogens with zero attached hydrogens (tertiary/aromatic N) is 3. The number of rotatable bonds is 5. The van der Waals surface area contributed by atoms with Crippen molar-refractivity contribution >= 4 is 11.5 Å². The molecule has 0 spiro atoms. The van der Waals surface area contributed by atoms with Crippen LogP contribution in [0, 0.1) is 0 Å². The Labute approximate surface area is 133 Å². The molecule has 23 heavy (non-hydrogen) atoms. The molecule has 0 atom stereocenters. The fourth-order valence-corrected chi connectivity index (χ4v) is 2.19. The lowest BCUT2D eigenvalue weighted by Crippen LogP contribution is -2.04. The largest absolute Gasteiger partial charge is 0.497 e. The zero-order chi connectivity index (χ0) is 16.1. The van der Waals surface area contributed by atoms with Gasteiger partial charge in [-0.3, -0.25) is 4.79 Å². The summed E-state index contributed by atoms with van der Waals surface area (Å²) in [6.45, 7) is 0. The average Bonchev–Trinajstić information content (AvgIpc) is 3.15. The molecule has 114 valence electrons. The van der Waals surface area contributed by atoms with Gasteiger partial charge in [-0.2, -0.15) is 5.10 Å². The number of hydrogen-bond acceptors (Lipinski definition) is 4. The Morgan fingerprint density at radius 3 is 2.39 bits per heavy atom. The number of methoxy groups -OCH3 is 1. The van der Waals surface area contributed by atoms with Crippen molar-refractivity contribution < 1.29 is 9.53 Å². The van der Waals surface area contributed by atoms with E-state index < -0.39 is 0 Å². The lowest BCUT2D eigenvalue weighted by atomic mass is 10.1. The highest BCUT2D eigenvalue weighted by Gasteiger charge is 2.10. The zero-order valence-corrected chi connectivity index (χ0v) is 12.6. The van der Waals surface area contributed by atoms with E-state index >= 15 is 0 Å². The van der Waals surface area contributed by atoms with Crippen molar-refractivity contribution in [2.75, 3.05) is 7.11 Å². The van der Waals surface area contributed by atoms with E-state index in [1.165, 1.54) is 6.33 Å². The van der Waals surface area contributed by atoms with Crippen LogP contribution < -0.4 is 4.74 Å². The lowest BCUT2D eigenvalue weighted by molar-refractivity contribution is 0.104. The number of hydrogen-bond donors (Lipinski definition) is 0. The fraction of sp³-hybridized carbons (Fsp3) is 0.0556. The minimum absolute atomic E-state index is 0.0908. The average molecular weight is 305 g/mol. The van der Waals surface area contributed by atoms with Crippen molar-refractivity contribution in [1.82, 2.24) is 14.8 Å². The molecule has 0 aliphatic carbocycles. The van der Waals surface area contributed by atoms with E-state index in [1.807, 2.05) is 42.5 Å². The first kappa shape index (κ1) is 14.7. The van der Waals surface area contributed by atoms with Crippen LogP contribution in [0.1, 0.15) is 15.9 Å². The summed E-state index contributed by atoms with van der Waals surface area (Å²) < 4.78 is 6.74. The van der Waals surface area contributed by atoms with Gasteiger partial charge in [0.25, 0.3) is 0 Å². The first-order valence-corrected chi connectivity index (χ1v) is 7.08. The van der Waals surface area contributed by atoms with Crippen LogP contribution in [0.4, 0.5) is 0 Å². The van der Waals surface area contributed by atoms with Crippen molar-refractivity contribution in [3.8, 4) is 5.75 Å². The number of carbonyl (C=O) groups is 1. The Morgan fingerprint density at radius 2 is 1.78 bits per heavy atom. The van der Waals surface area contributed by atoms with Gasteiger partial charge in [0.15, 0.2) is 5.78 Å². The molecule has 0 aliphatic heterocycles. The number of ketones is 1. The van der Waals surface area contributed by atoms with Gasteiger partial charge >= 0.3 is 0 Å². The second kappa shape index (κ2) is 6.70. The Hall–Kier alpha value is -3.21. The molecule has 2 aromatic carbocycles. The van der Waals surface area contributed by atoms with E-state index in [9.17, 15) is 4.79 Å². The molecule has 0 fully saturated rings. The van der Waals surface area contributed by atoms with Gasteiger partial charge < -0.3 is 4.74 Å². The highest BCUT2D eigenvalue weighted by molar-refractivity contribution is 6.08. The zero-order valence-electron chi connectivity index (χ0n) is 12.6. The van der Waals surface area contributed by atoms with Gasteiger partial charge in [-0.25, -0.2) is 9.67 Å². The van der Waals surface area contributed by atoms with Crippen molar-refractivity contribution in [2.45, 2.75) is 0 Å². The van der Waals surface area contributed by atoms with E-state index in [0.29, 0.717) is 11.3 Å². The highest BCUT2D eigenvalue weighted by Crippen LogP contribution is 2.20. The summed E-state index contributed by atoms with van der Waals surface area (Å²) in [5.41, 5.74) is 2.12. The van der Waals surface area contributed by atoms with E-state index in [1.54, 1.807) is 36.3 Å². The minimum Gasteiger partial charge on any atom is -0.497 e. The van der Waals surface area contributed by atoms with Gasteiger partial charge in [0.2, 0.25) is 0 Å². The van der Waals surface area contributed by atoms with Gasteiger partial charge in [0.1, 0.15) is 18.4 Å². The van der Waals surface area contributed by atoms with E-state index in [0.717, 1.165) is 11.3 Å². The Kier molecular flexibility index (Phi) is 4.29. The molecule has 0 aliphatic rings. The van der Waals surface area contributed by atoms with Gasteiger partial charge in [-0.05, 0) is 24.3 Å². The number of ether oxygens (including phenoxy) is 1. The van der Waals surface area contributed by atoms with Crippen LogP contribution in [0.5, 0.6) is 5.75 Å². The molecule has 5 nitrogen and oxygen atoms in total. The van der Waals surface area contributed by atoms with Crippen LogP contribution in [0.3, 0.4) is 0 Å². The summed E-state index contributed by atoms with van der Waals surface area (Å²) in [5.74, 6) is 0.660. The molecule has 5 heteroatoms. The van der Waals surface area contributed by atoms with Crippen LogP contribution in [0.15, 0.2) is 73.3 Å². The molecule has 3 aromatic rings. The third kappa shape index (κ3) is 3.35. The smallest absolute Gasteiger partial charge is 0.188 e. The van der Waals surface area contributed by atoms with Gasteiger partial charge in [-0.15, -0.1) is 0 Å². The summed E-state index contributed by atoms with van der Waals surface area (Å²) in [5, 5.41) is 4.14. The minimum atomic E-state index is -0.0908. The normalized spacial score (nSPS) is 11.3. The summed E-state index contributed by atoms with van der Waals surface area (Å²) in [7, 11) is 1.61. The molecule has 0 bridgehead atoms. The fourth-order valence-electron chi connectivity index (χ4n) is 2.19. The van der Waals surface area contributed by atoms with Crippen molar-refractivity contribution in [3.63, 3.8) is 0 Å². The first-order chi connectivity index (χ1) is 11.3. The first-order valence-electron chi connectivity index (χ1n) is 7.08. The molecule has 0 saturated carbocycles. The standard InChI is InChI=1S/C18H15N3O2/c1-23-16-9-7-14(8-10-16)17(21-13-19-12-20-21)11-18(22)15-5-3-2-4-6-15/h2-13H,1H3. The maximum atomic E-state index is 12.5. The molecule has 1 heterocycles. The summed E-state index contributed by atoms with van der Waals surface area (Å²) in [4.78, 5) is 16.4. The number of allylic oxidation sites excluding steroid dienone is 1. The van der Waals surface area contributed by atoms with Crippen molar-refractivity contribution in [1.29, 1.82) is 0 Å². The monoisotopic (exact) mass is 305 g/mol. The Balaban J connectivity index is 2.02. The molecule has 0 amide bonds. The maximum absolute atomic E-state index is 12.5. The second-order valence-corrected chi connectivity index (χ2v) is 4.83. The Bertz CT molecular complexity index is 807. The third-order valence-corrected chi connectivity index (χ3v) is 3.38. The summed E-state index contributed by atoms with van der Waals surface area (Å²) in [6, 6.07) is 16.6. The summed E-state index contributed by atoms with van der Waals surface area (Å²) in [6.07, 6.45) is 4.56. The van der Waals surface area contributed by atoms with Crippen LogP contribution >= 0.6 is 0 Å². The van der Waals surface area contributed by atoms with Gasteiger partial charge in [0, 0.05) is 17.2 Å². The number of aromatic nitrogens is 3. The van der Waals surface area contributed by atoms with Gasteiger partial charge in [0.05, 0.1) is 12.8 Å². The SMILES string of the molecule is COc1ccc(C(=CC(=O)c2ccccc2)n2cncn2)cc1. The predicted octanol–water partition coefficient (Wildman–Crippen LogP) is 3.06. The second-order valence-electron chi connectivity index (χ2n) is 4.83. The molecular weight excluding hydrogens is 290 g/mol. The van der Waals surface area contributed by atoms with E-state index in [2.05, 4.69) is 10.1 Å². The highest BCUT2D eigenvalue weighted by atomic mass is 16.5. The van der Waals surface area contributed by atoms with Crippen molar-refractivity contribution in [2.24, 2.45) is 0 Å². The molecule has 0 saturated heterocycles. The molecular formula is C18H15N3O2. The molecule has 0 radical (unpaired) electrons. The lowest BCUT2D eigenvalue weighted by Gasteiger charge is -2.08. The van der Waals surface area contributed by atoms with Crippen LogP contribution in [-0.4, -0.2) is 27.7 Å². The maximum Gasteiger partial charge on any atom is 0.188 e. The molecule has 0 N–H and O–H groups in total. The van der Waals surface area contributed by atoms with Crippen molar-refractivity contribution in [3.05, 3.63) is 84.5 Å². The molecule has 3 rings (SSSR count). The van der Waals surface area contributed by atoms with E-state index in [-0.39, 0.29) is 5.78 Å². The number of carbonyl (C=O) groups excluding carboxylic acids is 1. The third-order valence-electron chi connectivity index (χ3n) is 3.38. The molecule has 1 aromatic heterocycles. The molecule has 0 unspecified atom stereocenters. The Morgan fingerprint density at radius 1 is 1.04 bits per heavy atom. The predicted molar refractivity (Wildman–Crippen MR) is 87.2 cm³/mol. The quantitative estimate of drug-likeness (QED) is 0.537.